The number of esters is 1. The van der Waals surface area contributed by atoms with Crippen molar-refractivity contribution in [1.29, 1.82) is 0 Å². The zero-order valence-corrected chi connectivity index (χ0v) is 18.9. The molecule has 1 aliphatic carbocycles. The van der Waals surface area contributed by atoms with Gasteiger partial charge in [-0.15, -0.1) is 0 Å². The molecule has 0 radical (unpaired) electrons. The molecular weight excluding hydrogens is 442 g/mol. The van der Waals surface area contributed by atoms with Gasteiger partial charge in [0.2, 0.25) is 5.91 Å². The minimum Gasteiger partial charge on any atom is -0.464 e. The normalized spacial score (nSPS) is 14.4. The van der Waals surface area contributed by atoms with Gasteiger partial charge in [-0.25, -0.2) is 23.2 Å². The predicted octanol–water partition coefficient (Wildman–Crippen LogP) is 3.96. The molecule has 1 aromatic heterocycles. The first kappa shape index (κ1) is 23.1. The Balaban J connectivity index is 1.94. The zero-order valence-electron chi connectivity index (χ0n) is 17.4. The number of sulfone groups is 1. The van der Waals surface area contributed by atoms with Gasteiger partial charge in [-0.05, 0) is 30.5 Å². The molecule has 0 aliphatic heterocycles. The molecule has 1 saturated carbocycles. The predicted molar refractivity (Wildman–Crippen MR) is 116 cm³/mol. The lowest BCUT2D eigenvalue weighted by molar-refractivity contribution is -0.118. The lowest BCUT2D eigenvalue weighted by Gasteiger charge is -2.23. The first-order valence-corrected chi connectivity index (χ1v) is 12.2. The number of aromatic nitrogens is 2. The first-order valence-electron chi connectivity index (χ1n) is 9.93. The van der Waals surface area contributed by atoms with Crippen molar-refractivity contribution in [3.63, 3.8) is 0 Å². The van der Waals surface area contributed by atoms with E-state index in [1.807, 2.05) is 0 Å². The average Bonchev–Trinajstić information content (AvgIpc) is 3.25. The van der Waals surface area contributed by atoms with Crippen molar-refractivity contribution in [3.8, 4) is 0 Å². The van der Waals surface area contributed by atoms with E-state index in [4.69, 9.17) is 11.6 Å². The van der Waals surface area contributed by atoms with Gasteiger partial charge in [-0.2, -0.15) is 0 Å². The number of nitrogens with zero attached hydrogens (tertiary/aromatic N) is 3. The molecule has 3 rings (SSSR count). The Morgan fingerprint density at radius 3 is 2.45 bits per heavy atom. The highest BCUT2D eigenvalue weighted by Crippen LogP contribution is 2.33. The van der Waals surface area contributed by atoms with Crippen molar-refractivity contribution < 1.29 is 22.7 Å². The fraction of sp³-hybridized carbons (Fsp3) is 0.429. The van der Waals surface area contributed by atoms with Crippen LogP contribution >= 0.6 is 11.6 Å². The number of methoxy groups -OCH3 is 1. The molecular formula is C21H24ClN3O5S. The molecule has 1 aliphatic rings. The van der Waals surface area contributed by atoms with Gasteiger partial charge in [0.1, 0.15) is 0 Å². The number of carbonyl (C=O) groups is 2. The van der Waals surface area contributed by atoms with E-state index >= 15 is 0 Å². The maximum Gasteiger partial charge on any atom is 0.358 e. The first-order chi connectivity index (χ1) is 14.7. The molecule has 2 aromatic rings. The van der Waals surface area contributed by atoms with Crippen LogP contribution in [0.5, 0.6) is 0 Å². The van der Waals surface area contributed by atoms with Crippen molar-refractivity contribution in [3.05, 3.63) is 41.3 Å². The number of ether oxygens (including phenoxy) is 1. The number of rotatable bonds is 7. The van der Waals surface area contributed by atoms with Crippen LogP contribution in [-0.4, -0.2) is 43.6 Å². The number of anilines is 2. The lowest BCUT2D eigenvalue weighted by Crippen LogP contribution is -2.27. The van der Waals surface area contributed by atoms with Gasteiger partial charge in [0.05, 0.1) is 35.1 Å². The second kappa shape index (κ2) is 9.74. The van der Waals surface area contributed by atoms with Crippen LogP contribution in [0, 0.1) is 5.92 Å². The number of hydrogen-bond donors (Lipinski definition) is 0. The molecule has 0 N–H and O–H groups in total. The van der Waals surface area contributed by atoms with Gasteiger partial charge in [0.25, 0.3) is 0 Å². The number of amides is 1. The summed E-state index contributed by atoms with van der Waals surface area (Å²) in [6.45, 7) is 0. The van der Waals surface area contributed by atoms with E-state index in [0.29, 0.717) is 18.0 Å². The van der Waals surface area contributed by atoms with Crippen LogP contribution in [0.2, 0.25) is 5.02 Å². The molecule has 0 saturated heterocycles. The van der Waals surface area contributed by atoms with Crippen molar-refractivity contribution in [2.75, 3.05) is 18.3 Å². The van der Waals surface area contributed by atoms with Crippen LogP contribution in [0.3, 0.4) is 0 Å². The maximum absolute atomic E-state index is 13.2. The second-order valence-electron chi connectivity index (χ2n) is 7.56. The van der Waals surface area contributed by atoms with E-state index in [0.717, 1.165) is 25.5 Å². The van der Waals surface area contributed by atoms with Gasteiger partial charge in [-0.3, -0.25) is 9.69 Å². The van der Waals surface area contributed by atoms with Crippen molar-refractivity contribution in [2.24, 2.45) is 5.92 Å². The highest BCUT2D eigenvalue weighted by atomic mass is 35.5. The summed E-state index contributed by atoms with van der Waals surface area (Å²) >= 11 is 6.20. The Labute approximate surface area is 186 Å². The van der Waals surface area contributed by atoms with Crippen molar-refractivity contribution >= 4 is 44.8 Å². The van der Waals surface area contributed by atoms with E-state index in [1.165, 1.54) is 55.4 Å². The van der Waals surface area contributed by atoms with Crippen LogP contribution in [0.4, 0.5) is 11.5 Å². The molecule has 10 heteroatoms. The molecule has 166 valence electrons. The summed E-state index contributed by atoms with van der Waals surface area (Å²) in [5.74, 6) is -0.129. The van der Waals surface area contributed by atoms with E-state index in [2.05, 4.69) is 14.7 Å². The van der Waals surface area contributed by atoms with Gasteiger partial charge in [0.15, 0.2) is 21.3 Å². The topological polar surface area (TPSA) is 107 Å². The van der Waals surface area contributed by atoms with E-state index < -0.39 is 15.8 Å². The zero-order chi connectivity index (χ0) is 22.6. The van der Waals surface area contributed by atoms with Crippen LogP contribution in [0.25, 0.3) is 0 Å². The fourth-order valence-corrected chi connectivity index (χ4v) is 5.04. The SMILES string of the molecule is COC(=O)c1cnc(N(C(=O)CCC2CCCC2)c2ccc(S(C)(=O)=O)c(Cl)c2)cn1. The molecule has 0 atom stereocenters. The average molecular weight is 466 g/mol. The third-order valence-corrected chi connectivity index (χ3v) is 6.91. The summed E-state index contributed by atoms with van der Waals surface area (Å²) in [5, 5.41) is 0.00716. The lowest BCUT2D eigenvalue weighted by atomic mass is 10.0. The van der Waals surface area contributed by atoms with E-state index in [9.17, 15) is 18.0 Å². The van der Waals surface area contributed by atoms with Crippen molar-refractivity contribution in [2.45, 2.75) is 43.4 Å². The van der Waals surface area contributed by atoms with Crippen molar-refractivity contribution in [1.82, 2.24) is 9.97 Å². The third kappa shape index (κ3) is 5.59. The van der Waals surface area contributed by atoms with Gasteiger partial charge in [-0.1, -0.05) is 37.3 Å². The molecule has 1 amide bonds. The molecule has 1 heterocycles. The minimum absolute atomic E-state index is 0.00716. The molecule has 1 fully saturated rings. The Morgan fingerprint density at radius 1 is 1.19 bits per heavy atom. The molecule has 0 unspecified atom stereocenters. The Hall–Kier alpha value is -2.52. The van der Waals surface area contributed by atoms with Gasteiger partial charge < -0.3 is 4.74 Å². The van der Waals surface area contributed by atoms with Crippen LogP contribution < -0.4 is 4.90 Å². The minimum atomic E-state index is -3.51. The number of halogens is 1. The Morgan fingerprint density at radius 2 is 1.90 bits per heavy atom. The van der Waals surface area contributed by atoms with Crippen LogP contribution in [0.1, 0.15) is 49.0 Å². The summed E-state index contributed by atoms with van der Waals surface area (Å²) in [7, 11) is -2.28. The summed E-state index contributed by atoms with van der Waals surface area (Å²) in [6, 6.07) is 4.29. The highest BCUT2D eigenvalue weighted by molar-refractivity contribution is 7.90. The number of carbonyl (C=O) groups excluding carboxylic acids is 2. The summed E-state index contributed by atoms with van der Waals surface area (Å²) < 4.78 is 28.4. The second-order valence-corrected chi connectivity index (χ2v) is 9.95. The smallest absolute Gasteiger partial charge is 0.358 e. The molecule has 31 heavy (non-hydrogen) atoms. The number of benzene rings is 1. The Bertz CT molecular complexity index is 1070. The quantitative estimate of drug-likeness (QED) is 0.569. The fourth-order valence-electron chi connectivity index (χ4n) is 3.72. The van der Waals surface area contributed by atoms with Gasteiger partial charge in [0, 0.05) is 12.7 Å². The maximum atomic E-state index is 13.2. The van der Waals surface area contributed by atoms with Gasteiger partial charge >= 0.3 is 5.97 Å². The third-order valence-electron chi connectivity index (χ3n) is 5.33. The monoisotopic (exact) mass is 465 g/mol. The number of hydrogen-bond acceptors (Lipinski definition) is 7. The molecule has 0 spiro atoms. The van der Waals surface area contributed by atoms with Crippen LogP contribution in [0.15, 0.2) is 35.5 Å². The van der Waals surface area contributed by atoms with E-state index in [1.54, 1.807) is 0 Å². The molecule has 1 aromatic carbocycles. The van der Waals surface area contributed by atoms with E-state index in [-0.39, 0.29) is 27.3 Å². The van der Waals surface area contributed by atoms with Crippen LogP contribution in [-0.2, 0) is 19.4 Å². The molecule has 0 bridgehead atoms. The largest absolute Gasteiger partial charge is 0.464 e. The Kier molecular flexibility index (Phi) is 7.27. The molecule has 8 nitrogen and oxygen atoms in total. The standard InChI is InChI=1S/C21H24ClN3O5S/c1-30-21(27)17-12-24-19(13-23-17)25(20(26)10-7-14-5-3-4-6-14)15-8-9-18(16(22)11-15)31(2,28)29/h8-9,11-14H,3-7,10H2,1-2H3. The summed E-state index contributed by atoms with van der Waals surface area (Å²) in [4.78, 5) is 34.4. The summed E-state index contributed by atoms with van der Waals surface area (Å²) in [6.07, 6.45) is 9.27. The summed E-state index contributed by atoms with van der Waals surface area (Å²) in [5.41, 5.74) is 0.379. The highest BCUT2D eigenvalue weighted by Gasteiger charge is 2.24.